The van der Waals surface area contributed by atoms with Gasteiger partial charge in [0.1, 0.15) is 11.6 Å². The molecule has 0 fully saturated rings. The van der Waals surface area contributed by atoms with Gasteiger partial charge in [-0.1, -0.05) is 51.0 Å². The van der Waals surface area contributed by atoms with Crippen LogP contribution in [0.5, 0.6) is 17.2 Å². The first-order valence-electron chi connectivity index (χ1n) is 10.5. The van der Waals surface area contributed by atoms with Gasteiger partial charge in [-0.3, -0.25) is 0 Å². The number of hydrogen-bond donors (Lipinski definition) is 1. The van der Waals surface area contributed by atoms with E-state index in [1.54, 1.807) is 31.4 Å². The average molecular weight is 461 g/mol. The van der Waals surface area contributed by atoms with Crippen LogP contribution in [0.3, 0.4) is 0 Å². The van der Waals surface area contributed by atoms with E-state index in [0.29, 0.717) is 23.3 Å². The molecule has 0 saturated heterocycles. The molecule has 1 N–H and O–H groups in total. The van der Waals surface area contributed by atoms with Crippen LogP contribution in [0.15, 0.2) is 91.0 Å². The summed E-state index contributed by atoms with van der Waals surface area (Å²) in [5, 5.41) is 12.3. The summed E-state index contributed by atoms with van der Waals surface area (Å²) in [6.07, 6.45) is 0. The van der Waals surface area contributed by atoms with Gasteiger partial charge in [0.15, 0.2) is 11.5 Å². The normalized spacial score (nSPS) is 11.0. The van der Waals surface area contributed by atoms with E-state index in [0.717, 1.165) is 22.2 Å². The van der Waals surface area contributed by atoms with Gasteiger partial charge in [-0.2, -0.15) is 0 Å². The van der Waals surface area contributed by atoms with Crippen molar-refractivity contribution < 1.29 is 19.0 Å². The minimum atomic E-state index is -0.299. The minimum absolute atomic E-state index is 0.0647. The predicted octanol–water partition coefficient (Wildman–Crippen LogP) is 5.52. The molecule has 4 aromatic rings. The Morgan fingerprint density at radius 3 is 2.00 bits per heavy atom. The zero-order valence-electron chi connectivity index (χ0n) is 18.5. The van der Waals surface area contributed by atoms with E-state index in [4.69, 9.17) is 9.47 Å². The van der Waals surface area contributed by atoms with E-state index in [2.05, 4.69) is 4.90 Å². The summed E-state index contributed by atoms with van der Waals surface area (Å²) in [6, 6.07) is 28.3. The van der Waals surface area contributed by atoms with Crippen molar-refractivity contribution in [3.05, 3.63) is 102 Å². The van der Waals surface area contributed by atoms with E-state index in [1.807, 2.05) is 60.7 Å². The first kappa shape index (κ1) is 22.6. The number of aromatic hydroxyl groups is 1. The SMILES string of the molecule is COc1cc(OC)c(O)c(Pc2ccc(F)cc2CN(c2ccccc2)c2ccccc2)c1. The van der Waals surface area contributed by atoms with E-state index in [-0.39, 0.29) is 20.1 Å². The number of anilines is 2. The number of nitrogens with zero attached hydrogens (tertiary/aromatic N) is 1. The van der Waals surface area contributed by atoms with Gasteiger partial charge in [0.05, 0.1) is 14.2 Å². The summed E-state index contributed by atoms with van der Waals surface area (Å²) in [5.41, 5.74) is 2.85. The molecule has 4 aromatic carbocycles. The Kier molecular flexibility index (Phi) is 7.11. The number of para-hydroxylation sites is 2. The highest BCUT2D eigenvalue weighted by atomic mass is 31.1. The van der Waals surface area contributed by atoms with Gasteiger partial charge in [0, 0.05) is 29.3 Å². The molecular formula is C27H25FNO3P. The van der Waals surface area contributed by atoms with E-state index in [1.165, 1.54) is 13.2 Å². The molecule has 0 amide bonds. The highest BCUT2D eigenvalue weighted by Gasteiger charge is 2.17. The van der Waals surface area contributed by atoms with Crippen LogP contribution in [0, 0.1) is 5.82 Å². The summed E-state index contributed by atoms with van der Waals surface area (Å²) in [7, 11) is 3.15. The lowest BCUT2D eigenvalue weighted by Gasteiger charge is -2.26. The molecule has 4 nitrogen and oxygen atoms in total. The topological polar surface area (TPSA) is 41.9 Å². The van der Waals surface area contributed by atoms with Crippen LogP contribution in [-0.4, -0.2) is 19.3 Å². The molecule has 0 radical (unpaired) electrons. The number of halogens is 1. The van der Waals surface area contributed by atoms with Gasteiger partial charge < -0.3 is 19.5 Å². The van der Waals surface area contributed by atoms with E-state index >= 15 is 0 Å². The molecule has 4 rings (SSSR count). The number of hydrogen-bond acceptors (Lipinski definition) is 4. The lowest BCUT2D eigenvalue weighted by molar-refractivity contribution is 0.366. The Labute approximate surface area is 195 Å². The summed E-state index contributed by atoms with van der Waals surface area (Å²) in [5.74, 6) is 0.698. The van der Waals surface area contributed by atoms with E-state index in [9.17, 15) is 9.50 Å². The van der Waals surface area contributed by atoms with Gasteiger partial charge in [0.2, 0.25) is 0 Å². The molecule has 0 aliphatic heterocycles. The van der Waals surface area contributed by atoms with Crippen LogP contribution in [0.4, 0.5) is 15.8 Å². The van der Waals surface area contributed by atoms with Crippen molar-refractivity contribution in [2.24, 2.45) is 0 Å². The zero-order valence-corrected chi connectivity index (χ0v) is 19.5. The molecule has 0 aromatic heterocycles. The third kappa shape index (κ3) is 5.27. The smallest absolute Gasteiger partial charge is 0.165 e. The quantitative estimate of drug-likeness (QED) is 0.351. The second kappa shape index (κ2) is 10.4. The van der Waals surface area contributed by atoms with E-state index < -0.39 is 0 Å². The van der Waals surface area contributed by atoms with Crippen molar-refractivity contribution in [2.45, 2.75) is 6.54 Å². The fraction of sp³-hybridized carbons (Fsp3) is 0.111. The first-order valence-corrected chi connectivity index (χ1v) is 11.5. The van der Waals surface area contributed by atoms with Crippen molar-refractivity contribution in [3.8, 4) is 17.2 Å². The molecule has 168 valence electrons. The van der Waals surface area contributed by atoms with Crippen LogP contribution in [0.25, 0.3) is 0 Å². The molecule has 0 aliphatic rings. The third-order valence-corrected chi connectivity index (χ3v) is 6.71. The number of rotatable bonds is 8. The van der Waals surface area contributed by atoms with Crippen molar-refractivity contribution >= 4 is 30.6 Å². The first-order chi connectivity index (χ1) is 16.1. The van der Waals surface area contributed by atoms with Crippen molar-refractivity contribution in [2.75, 3.05) is 19.1 Å². The summed E-state index contributed by atoms with van der Waals surface area (Å²) >= 11 is 0. The maximum Gasteiger partial charge on any atom is 0.165 e. The Bertz CT molecular complexity index is 1180. The molecular weight excluding hydrogens is 436 g/mol. The van der Waals surface area contributed by atoms with Gasteiger partial charge >= 0.3 is 0 Å². The molecule has 0 aliphatic carbocycles. The van der Waals surface area contributed by atoms with Crippen LogP contribution < -0.4 is 25.0 Å². The van der Waals surface area contributed by atoms with Crippen LogP contribution in [0.1, 0.15) is 5.56 Å². The lowest BCUT2D eigenvalue weighted by atomic mass is 10.1. The summed E-state index contributed by atoms with van der Waals surface area (Å²) < 4.78 is 25.0. The number of methoxy groups -OCH3 is 2. The van der Waals surface area contributed by atoms with Crippen molar-refractivity contribution in [1.29, 1.82) is 0 Å². The Morgan fingerprint density at radius 1 is 0.788 bits per heavy atom. The zero-order chi connectivity index (χ0) is 23.2. The van der Waals surface area contributed by atoms with Crippen LogP contribution in [-0.2, 0) is 6.54 Å². The Balaban J connectivity index is 1.74. The highest BCUT2D eigenvalue weighted by Crippen LogP contribution is 2.34. The van der Waals surface area contributed by atoms with Crippen molar-refractivity contribution in [1.82, 2.24) is 0 Å². The molecule has 6 heteroatoms. The second-order valence-electron chi connectivity index (χ2n) is 7.41. The molecule has 1 atom stereocenters. The number of benzene rings is 4. The van der Waals surface area contributed by atoms with Crippen LogP contribution >= 0.6 is 8.58 Å². The van der Waals surface area contributed by atoms with Gasteiger partial charge in [-0.05, 0) is 53.3 Å². The fourth-order valence-electron chi connectivity index (χ4n) is 3.63. The number of ether oxygens (including phenoxy) is 2. The standard InChI is InChI=1S/C27H25FNO3P/c1-31-23-16-24(32-2)27(30)26(17-23)33-25-14-13-20(28)15-19(25)18-29(21-9-5-3-6-10-21)22-11-7-4-8-12-22/h3-17,30,33H,18H2,1-2H3. The largest absolute Gasteiger partial charge is 0.504 e. The number of phenols is 1. The molecule has 0 spiro atoms. The highest BCUT2D eigenvalue weighted by molar-refractivity contribution is 7.55. The van der Waals surface area contributed by atoms with Gasteiger partial charge in [-0.25, -0.2) is 4.39 Å². The molecule has 0 heterocycles. The maximum absolute atomic E-state index is 14.4. The third-order valence-electron chi connectivity index (χ3n) is 5.30. The van der Waals surface area contributed by atoms with Gasteiger partial charge in [-0.15, -0.1) is 0 Å². The molecule has 0 saturated carbocycles. The molecule has 33 heavy (non-hydrogen) atoms. The average Bonchev–Trinajstić information content (AvgIpc) is 2.86. The Hall–Kier alpha value is -3.56. The molecule has 0 bridgehead atoms. The van der Waals surface area contributed by atoms with Gasteiger partial charge in [0.25, 0.3) is 0 Å². The minimum Gasteiger partial charge on any atom is -0.504 e. The number of phenolic OH excluding ortho intramolecular Hbond substituents is 1. The summed E-state index contributed by atoms with van der Waals surface area (Å²) in [6.45, 7) is 0.468. The Morgan fingerprint density at radius 2 is 1.42 bits per heavy atom. The maximum atomic E-state index is 14.4. The fourth-order valence-corrected chi connectivity index (χ4v) is 4.85. The monoisotopic (exact) mass is 461 g/mol. The second-order valence-corrected chi connectivity index (χ2v) is 8.74. The predicted molar refractivity (Wildman–Crippen MR) is 134 cm³/mol. The lowest BCUT2D eigenvalue weighted by Crippen LogP contribution is -2.21. The summed E-state index contributed by atoms with van der Waals surface area (Å²) in [4.78, 5) is 2.15. The molecule has 1 unspecified atom stereocenters. The van der Waals surface area contributed by atoms with Crippen LogP contribution in [0.2, 0.25) is 0 Å². The van der Waals surface area contributed by atoms with Crippen molar-refractivity contribution in [3.63, 3.8) is 0 Å².